The normalized spacial score (nSPS) is 11.4. The van der Waals surface area contributed by atoms with Crippen LogP contribution in [0.5, 0.6) is 5.88 Å². The molecule has 3 heteroatoms. The molecule has 1 aromatic heterocycles. The van der Waals surface area contributed by atoms with Gasteiger partial charge in [0.1, 0.15) is 0 Å². The van der Waals surface area contributed by atoms with E-state index >= 15 is 0 Å². The third kappa shape index (κ3) is 4.01. The van der Waals surface area contributed by atoms with Crippen molar-refractivity contribution in [3.05, 3.63) is 23.9 Å². The van der Waals surface area contributed by atoms with Crippen LogP contribution >= 0.6 is 0 Å². The predicted molar refractivity (Wildman–Crippen MR) is 58.6 cm³/mol. The van der Waals surface area contributed by atoms with Crippen molar-refractivity contribution in [1.29, 1.82) is 0 Å². The minimum atomic E-state index is -0.423. The van der Waals surface area contributed by atoms with Gasteiger partial charge in [0.15, 0.2) is 0 Å². The Balaban J connectivity index is 2.51. The van der Waals surface area contributed by atoms with E-state index in [2.05, 4.69) is 16.8 Å². The molecular formula is C12H15NO2. The molecular weight excluding hydrogens is 190 g/mol. The third-order valence-corrected chi connectivity index (χ3v) is 1.99. The molecule has 0 spiro atoms. The largest absolute Gasteiger partial charge is 0.481 e. The molecule has 0 aliphatic heterocycles. The Morgan fingerprint density at radius 1 is 1.53 bits per heavy atom. The third-order valence-electron chi connectivity index (χ3n) is 1.99. The summed E-state index contributed by atoms with van der Waals surface area (Å²) in [5.41, 5.74) is 0.987. The fraction of sp³-hybridized carbons (Fsp3) is 0.417. The summed E-state index contributed by atoms with van der Waals surface area (Å²) in [6, 6.07) is 3.68. The molecule has 1 unspecified atom stereocenters. The highest BCUT2D eigenvalue weighted by molar-refractivity contribution is 5.18. The number of aliphatic hydroxyl groups excluding tert-OH is 1. The molecule has 0 amide bonds. The number of hydrogen-bond acceptors (Lipinski definition) is 3. The highest BCUT2D eigenvalue weighted by Crippen LogP contribution is 2.09. The Morgan fingerprint density at radius 3 is 2.87 bits per heavy atom. The van der Waals surface area contributed by atoms with Gasteiger partial charge in [-0.25, -0.2) is 4.98 Å². The summed E-state index contributed by atoms with van der Waals surface area (Å²) in [6.45, 7) is 1.77. The first-order valence-corrected chi connectivity index (χ1v) is 4.83. The smallest absolute Gasteiger partial charge is 0.212 e. The molecule has 0 radical (unpaired) electrons. The van der Waals surface area contributed by atoms with Crippen molar-refractivity contribution in [3.8, 4) is 17.7 Å². The molecule has 80 valence electrons. The lowest BCUT2D eigenvalue weighted by molar-refractivity contribution is 0.180. The van der Waals surface area contributed by atoms with Crippen molar-refractivity contribution in [3.63, 3.8) is 0 Å². The van der Waals surface area contributed by atoms with Crippen LogP contribution in [0.3, 0.4) is 0 Å². The fourth-order valence-electron chi connectivity index (χ4n) is 1.22. The van der Waals surface area contributed by atoms with Crippen LogP contribution in [-0.2, 0) is 6.42 Å². The van der Waals surface area contributed by atoms with Gasteiger partial charge in [0.25, 0.3) is 0 Å². The number of hydrogen-bond donors (Lipinski definition) is 1. The average Bonchev–Trinajstić information content (AvgIpc) is 2.27. The summed E-state index contributed by atoms with van der Waals surface area (Å²) < 4.78 is 4.94. The van der Waals surface area contributed by atoms with Gasteiger partial charge in [0.2, 0.25) is 5.88 Å². The van der Waals surface area contributed by atoms with Gasteiger partial charge in [-0.2, -0.15) is 0 Å². The second-order valence-electron chi connectivity index (χ2n) is 3.20. The molecule has 1 heterocycles. The van der Waals surface area contributed by atoms with Crippen LogP contribution in [0.25, 0.3) is 0 Å². The lowest BCUT2D eigenvalue weighted by Crippen LogP contribution is -2.09. The van der Waals surface area contributed by atoms with E-state index in [1.165, 1.54) is 0 Å². The maximum Gasteiger partial charge on any atom is 0.212 e. The molecule has 1 rings (SSSR count). The van der Waals surface area contributed by atoms with Crippen LogP contribution in [0.15, 0.2) is 18.3 Å². The zero-order chi connectivity index (χ0) is 11.1. The van der Waals surface area contributed by atoms with Crippen molar-refractivity contribution in [2.24, 2.45) is 0 Å². The number of aromatic nitrogens is 1. The van der Waals surface area contributed by atoms with Crippen LogP contribution in [0.2, 0.25) is 0 Å². The molecule has 0 bridgehead atoms. The summed E-state index contributed by atoms with van der Waals surface area (Å²) >= 11 is 0. The lowest BCUT2D eigenvalue weighted by Gasteiger charge is -2.06. The second kappa shape index (κ2) is 6.05. The fourth-order valence-corrected chi connectivity index (χ4v) is 1.22. The first-order chi connectivity index (χ1) is 7.26. The predicted octanol–water partition coefficient (Wildman–Crippen LogP) is 1.41. The van der Waals surface area contributed by atoms with Crippen LogP contribution in [0.1, 0.15) is 18.9 Å². The van der Waals surface area contributed by atoms with Crippen LogP contribution in [0.4, 0.5) is 0 Å². The number of ether oxygens (including phenoxy) is 1. The Bertz CT molecular complexity index is 348. The van der Waals surface area contributed by atoms with Gasteiger partial charge < -0.3 is 9.84 Å². The SMILES string of the molecule is CC#CCC(O)Cc1ccc(OC)nc1. The summed E-state index contributed by atoms with van der Waals surface area (Å²) in [6.07, 6.45) is 2.36. The molecule has 3 nitrogen and oxygen atoms in total. The van der Waals surface area contributed by atoms with Gasteiger partial charge in [-0.05, 0) is 12.5 Å². The molecule has 0 saturated carbocycles. The Labute approximate surface area is 90.1 Å². The standard InChI is InChI=1S/C12H15NO2/c1-3-4-5-11(14)8-10-6-7-12(15-2)13-9-10/h6-7,9,11,14H,5,8H2,1-2H3. The minimum Gasteiger partial charge on any atom is -0.481 e. The van der Waals surface area contributed by atoms with Gasteiger partial charge in [-0.15, -0.1) is 11.8 Å². The molecule has 0 fully saturated rings. The zero-order valence-electron chi connectivity index (χ0n) is 9.03. The van der Waals surface area contributed by atoms with Crippen LogP contribution in [-0.4, -0.2) is 23.3 Å². The Kier molecular flexibility index (Phi) is 4.65. The van der Waals surface area contributed by atoms with Crippen molar-refractivity contribution in [2.75, 3.05) is 7.11 Å². The summed E-state index contributed by atoms with van der Waals surface area (Å²) in [4.78, 5) is 4.06. The molecule has 0 aliphatic carbocycles. The molecule has 1 atom stereocenters. The molecule has 15 heavy (non-hydrogen) atoms. The highest BCUT2D eigenvalue weighted by Gasteiger charge is 2.04. The average molecular weight is 205 g/mol. The zero-order valence-corrected chi connectivity index (χ0v) is 9.03. The maximum atomic E-state index is 9.60. The van der Waals surface area contributed by atoms with E-state index in [0.717, 1.165) is 5.56 Å². The second-order valence-corrected chi connectivity index (χ2v) is 3.20. The van der Waals surface area contributed by atoms with E-state index in [1.807, 2.05) is 6.07 Å². The summed E-state index contributed by atoms with van der Waals surface area (Å²) in [5.74, 6) is 6.19. The van der Waals surface area contributed by atoms with E-state index < -0.39 is 6.10 Å². The number of nitrogens with zero attached hydrogens (tertiary/aromatic N) is 1. The van der Waals surface area contributed by atoms with Gasteiger partial charge in [0, 0.05) is 25.1 Å². The van der Waals surface area contributed by atoms with E-state index in [9.17, 15) is 5.11 Å². The topological polar surface area (TPSA) is 42.4 Å². The van der Waals surface area contributed by atoms with E-state index in [0.29, 0.717) is 18.7 Å². The Morgan fingerprint density at radius 2 is 2.33 bits per heavy atom. The minimum absolute atomic E-state index is 0.423. The van der Waals surface area contributed by atoms with Gasteiger partial charge in [-0.1, -0.05) is 6.07 Å². The van der Waals surface area contributed by atoms with Gasteiger partial charge in [0.05, 0.1) is 13.2 Å². The van der Waals surface area contributed by atoms with Crippen LogP contribution in [0, 0.1) is 11.8 Å². The first kappa shape index (κ1) is 11.5. The molecule has 0 saturated heterocycles. The summed E-state index contributed by atoms with van der Waals surface area (Å²) in [7, 11) is 1.58. The molecule has 1 N–H and O–H groups in total. The maximum absolute atomic E-state index is 9.60. The summed E-state index contributed by atoms with van der Waals surface area (Å²) in [5, 5.41) is 9.60. The quantitative estimate of drug-likeness (QED) is 0.756. The van der Waals surface area contributed by atoms with Crippen molar-refractivity contribution >= 4 is 0 Å². The number of rotatable bonds is 4. The Hall–Kier alpha value is -1.53. The number of methoxy groups -OCH3 is 1. The van der Waals surface area contributed by atoms with Gasteiger partial charge >= 0.3 is 0 Å². The molecule has 1 aromatic rings. The monoisotopic (exact) mass is 205 g/mol. The number of aliphatic hydroxyl groups is 1. The van der Waals surface area contributed by atoms with Gasteiger partial charge in [-0.3, -0.25) is 0 Å². The highest BCUT2D eigenvalue weighted by atomic mass is 16.5. The van der Waals surface area contributed by atoms with Crippen molar-refractivity contribution in [1.82, 2.24) is 4.98 Å². The molecule has 0 aliphatic rings. The van der Waals surface area contributed by atoms with Crippen molar-refractivity contribution in [2.45, 2.75) is 25.9 Å². The number of pyridine rings is 1. The van der Waals surface area contributed by atoms with Crippen LogP contribution < -0.4 is 4.74 Å². The van der Waals surface area contributed by atoms with E-state index in [4.69, 9.17) is 4.74 Å². The lowest BCUT2D eigenvalue weighted by atomic mass is 10.1. The first-order valence-electron chi connectivity index (χ1n) is 4.83. The molecule has 0 aromatic carbocycles. The van der Waals surface area contributed by atoms with Crippen molar-refractivity contribution < 1.29 is 9.84 Å². The van der Waals surface area contributed by atoms with E-state index in [-0.39, 0.29) is 0 Å². The van der Waals surface area contributed by atoms with E-state index in [1.54, 1.807) is 26.3 Å².